The second-order valence-corrected chi connectivity index (χ2v) is 5.47. The zero-order valence-electron chi connectivity index (χ0n) is 10.8. The first-order chi connectivity index (χ1) is 9.47. The first-order valence-electron chi connectivity index (χ1n) is 6.04. The minimum atomic E-state index is -1.04. The molecular formula is C13H14N2O4S. The van der Waals surface area contributed by atoms with Gasteiger partial charge in [0.2, 0.25) is 0 Å². The number of aryl methyl sites for hydroxylation is 1. The van der Waals surface area contributed by atoms with Crippen molar-refractivity contribution >= 4 is 34.6 Å². The molecule has 1 atom stereocenters. The van der Waals surface area contributed by atoms with Gasteiger partial charge in [-0.3, -0.25) is 19.3 Å². The van der Waals surface area contributed by atoms with Gasteiger partial charge in [0.25, 0.3) is 11.1 Å². The highest BCUT2D eigenvalue weighted by Crippen LogP contribution is 2.28. The number of imide groups is 1. The fraction of sp³-hybridized carbons (Fsp3) is 0.308. The first kappa shape index (κ1) is 14.4. The van der Waals surface area contributed by atoms with Crippen LogP contribution in [-0.2, 0) is 9.59 Å². The SMILES string of the molecule is Cc1cccc(N[C@@H]2SC(=O)N(CCC(=O)O)C2=O)c1. The topological polar surface area (TPSA) is 86.7 Å². The molecule has 0 aliphatic carbocycles. The Morgan fingerprint density at radius 2 is 2.20 bits per heavy atom. The van der Waals surface area contributed by atoms with Crippen LogP contribution in [0.2, 0.25) is 0 Å². The van der Waals surface area contributed by atoms with E-state index in [0.29, 0.717) is 0 Å². The Morgan fingerprint density at radius 1 is 1.45 bits per heavy atom. The predicted octanol–water partition coefficient (Wildman–Crippen LogP) is 1.90. The molecule has 0 spiro atoms. The molecule has 0 saturated carbocycles. The van der Waals surface area contributed by atoms with Gasteiger partial charge in [0.15, 0.2) is 5.37 Å². The molecule has 7 heteroatoms. The Hall–Kier alpha value is -2.02. The third-order valence-corrected chi connectivity index (χ3v) is 3.77. The van der Waals surface area contributed by atoms with Crippen molar-refractivity contribution in [2.75, 3.05) is 11.9 Å². The molecule has 1 aliphatic heterocycles. The maximum Gasteiger partial charge on any atom is 0.305 e. The Balaban J connectivity index is 2.02. The van der Waals surface area contributed by atoms with E-state index < -0.39 is 22.5 Å². The summed E-state index contributed by atoms with van der Waals surface area (Å²) in [6.07, 6.45) is -0.241. The summed E-state index contributed by atoms with van der Waals surface area (Å²) in [7, 11) is 0. The Morgan fingerprint density at radius 3 is 2.85 bits per heavy atom. The lowest BCUT2D eigenvalue weighted by atomic mass is 10.2. The summed E-state index contributed by atoms with van der Waals surface area (Å²) in [5.74, 6) is -1.44. The van der Waals surface area contributed by atoms with E-state index in [-0.39, 0.29) is 13.0 Å². The number of nitrogens with zero attached hydrogens (tertiary/aromatic N) is 1. The van der Waals surface area contributed by atoms with Gasteiger partial charge in [-0.15, -0.1) is 0 Å². The number of carboxylic acids is 1. The molecule has 1 aromatic carbocycles. The molecule has 1 fully saturated rings. The van der Waals surface area contributed by atoms with Gasteiger partial charge in [-0.05, 0) is 36.4 Å². The number of anilines is 1. The van der Waals surface area contributed by atoms with Crippen molar-refractivity contribution in [3.05, 3.63) is 29.8 Å². The predicted molar refractivity (Wildman–Crippen MR) is 75.5 cm³/mol. The number of hydrogen-bond acceptors (Lipinski definition) is 5. The maximum atomic E-state index is 12.0. The van der Waals surface area contributed by atoms with Crippen molar-refractivity contribution in [2.24, 2.45) is 0 Å². The highest BCUT2D eigenvalue weighted by Gasteiger charge is 2.39. The van der Waals surface area contributed by atoms with Gasteiger partial charge in [0.1, 0.15) is 0 Å². The van der Waals surface area contributed by atoms with Crippen LogP contribution in [0.25, 0.3) is 0 Å². The Labute approximate surface area is 120 Å². The van der Waals surface area contributed by atoms with Gasteiger partial charge in [-0.25, -0.2) is 0 Å². The number of rotatable bonds is 5. The summed E-state index contributed by atoms with van der Waals surface area (Å²) >= 11 is 0.868. The summed E-state index contributed by atoms with van der Waals surface area (Å²) in [6.45, 7) is 1.84. The van der Waals surface area contributed by atoms with Gasteiger partial charge < -0.3 is 10.4 Å². The number of carboxylic acid groups (broad SMARTS) is 1. The monoisotopic (exact) mass is 294 g/mol. The second-order valence-electron chi connectivity index (χ2n) is 4.41. The zero-order valence-corrected chi connectivity index (χ0v) is 11.6. The largest absolute Gasteiger partial charge is 0.481 e. The maximum absolute atomic E-state index is 12.0. The third kappa shape index (κ3) is 3.30. The summed E-state index contributed by atoms with van der Waals surface area (Å²) in [6, 6.07) is 7.47. The minimum absolute atomic E-state index is 0.0913. The number of aliphatic carboxylic acids is 1. The van der Waals surface area contributed by atoms with Crippen molar-refractivity contribution in [3.8, 4) is 0 Å². The normalized spacial score (nSPS) is 18.4. The van der Waals surface area contributed by atoms with Crippen molar-refractivity contribution < 1.29 is 19.5 Å². The molecule has 20 heavy (non-hydrogen) atoms. The Kier molecular flexibility index (Phi) is 4.29. The molecule has 1 aromatic rings. The number of amides is 2. The van der Waals surface area contributed by atoms with E-state index in [2.05, 4.69) is 5.32 Å². The molecular weight excluding hydrogens is 280 g/mol. The van der Waals surface area contributed by atoms with E-state index in [1.165, 1.54) is 0 Å². The van der Waals surface area contributed by atoms with E-state index in [1.807, 2.05) is 31.2 Å². The van der Waals surface area contributed by atoms with Crippen LogP contribution < -0.4 is 5.32 Å². The van der Waals surface area contributed by atoms with E-state index >= 15 is 0 Å². The Bertz CT molecular complexity index is 561. The molecule has 0 bridgehead atoms. The van der Waals surface area contributed by atoms with Gasteiger partial charge in [-0.2, -0.15) is 0 Å². The van der Waals surface area contributed by atoms with Crippen LogP contribution in [0.5, 0.6) is 0 Å². The van der Waals surface area contributed by atoms with Crippen LogP contribution in [0, 0.1) is 6.92 Å². The number of thioether (sulfide) groups is 1. The van der Waals surface area contributed by atoms with Crippen molar-refractivity contribution in [2.45, 2.75) is 18.7 Å². The van der Waals surface area contributed by atoms with Gasteiger partial charge in [-0.1, -0.05) is 12.1 Å². The number of benzene rings is 1. The number of carbonyl (C=O) groups excluding carboxylic acids is 2. The molecule has 0 aromatic heterocycles. The number of nitrogens with one attached hydrogen (secondary N) is 1. The lowest BCUT2D eigenvalue weighted by molar-refractivity contribution is -0.137. The van der Waals surface area contributed by atoms with Gasteiger partial charge in [0.05, 0.1) is 6.42 Å². The molecule has 2 amide bonds. The molecule has 1 saturated heterocycles. The van der Waals surface area contributed by atoms with E-state index in [9.17, 15) is 14.4 Å². The van der Waals surface area contributed by atoms with Gasteiger partial charge >= 0.3 is 5.97 Å². The first-order valence-corrected chi connectivity index (χ1v) is 6.92. The zero-order chi connectivity index (χ0) is 14.7. The van der Waals surface area contributed by atoms with Crippen molar-refractivity contribution in [1.29, 1.82) is 0 Å². The highest BCUT2D eigenvalue weighted by molar-refractivity contribution is 8.15. The molecule has 0 radical (unpaired) electrons. The molecule has 0 unspecified atom stereocenters. The van der Waals surface area contributed by atoms with Crippen LogP contribution in [0.4, 0.5) is 10.5 Å². The molecule has 2 N–H and O–H groups in total. The summed E-state index contributed by atoms with van der Waals surface area (Å²) in [5.41, 5.74) is 1.79. The minimum Gasteiger partial charge on any atom is -0.481 e. The van der Waals surface area contributed by atoms with Crippen LogP contribution >= 0.6 is 11.8 Å². The quantitative estimate of drug-likeness (QED) is 0.862. The lowest BCUT2D eigenvalue weighted by Crippen LogP contribution is -2.35. The fourth-order valence-corrected chi connectivity index (χ4v) is 2.77. The number of carbonyl (C=O) groups is 3. The van der Waals surface area contributed by atoms with Crippen LogP contribution in [0.1, 0.15) is 12.0 Å². The third-order valence-electron chi connectivity index (χ3n) is 2.79. The standard InChI is InChI=1S/C13H14N2O4S/c1-8-3-2-4-9(7-8)14-11-12(18)15(13(19)20-11)6-5-10(16)17/h2-4,7,11,14H,5-6H2,1H3,(H,16,17)/t11-/m1/s1. The van der Waals surface area contributed by atoms with E-state index in [4.69, 9.17) is 5.11 Å². The average molecular weight is 294 g/mol. The average Bonchev–Trinajstić information content (AvgIpc) is 2.62. The van der Waals surface area contributed by atoms with E-state index in [1.54, 1.807) is 0 Å². The van der Waals surface area contributed by atoms with Crippen LogP contribution in [0.3, 0.4) is 0 Å². The fourth-order valence-electron chi connectivity index (χ4n) is 1.83. The highest BCUT2D eigenvalue weighted by atomic mass is 32.2. The lowest BCUT2D eigenvalue weighted by Gasteiger charge is -2.14. The van der Waals surface area contributed by atoms with Crippen LogP contribution in [-0.4, -0.2) is 39.0 Å². The van der Waals surface area contributed by atoms with Crippen LogP contribution in [0.15, 0.2) is 24.3 Å². The van der Waals surface area contributed by atoms with E-state index in [0.717, 1.165) is 27.9 Å². The van der Waals surface area contributed by atoms with Crippen molar-refractivity contribution in [1.82, 2.24) is 4.90 Å². The molecule has 1 aliphatic rings. The molecule has 2 rings (SSSR count). The number of hydrogen-bond donors (Lipinski definition) is 2. The second kappa shape index (κ2) is 5.96. The summed E-state index contributed by atoms with van der Waals surface area (Å²) in [4.78, 5) is 35.2. The molecule has 106 valence electrons. The van der Waals surface area contributed by atoms with Gasteiger partial charge in [0, 0.05) is 12.2 Å². The smallest absolute Gasteiger partial charge is 0.305 e. The van der Waals surface area contributed by atoms with Crippen molar-refractivity contribution in [3.63, 3.8) is 0 Å². The molecule has 1 heterocycles. The summed E-state index contributed by atoms with van der Waals surface area (Å²) < 4.78 is 0. The molecule has 6 nitrogen and oxygen atoms in total. The summed E-state index contributed by atoms with van der Waals surface area (Å²) in [5, 5.41) is 10.5.